The molecule has 1 aromatic rings. The van der Waals surface area contributed by atoms with E-state index in [-0.39, 0.29) is 5.82 Å². The van der Waals surface area contributed by atoms with E-state index in [1.165, 1.54) is 12.1 Å². The van der Waals surface area contributed by atoms with Crippen LogP contribution in [0.25, 0.3) is 0 Å². The van der Waals surface area contributed by atoms with Crippen molar-refractivity contribution in [1.29, 1.82) is 5.26 Å². The van der Waals surface area contributed by atoms with E-state index in [4.69, 9.17) is 11.0 Å². The van der Waals surface area contributed by atoms with Crippen LogP contribution in [-0.2, 0) is 12.0 Å². The molecule has 2 nitrogen and oxygen atoms in total. The first-order valence-electron chi connectivity index (χ1n) is 4.15. The van der Waals surface area contributed by atoms with Gasteiger partial charge in [0.15, 0.2) is 0 Å². The molecule has 0 radical (unpaired) electrons. The summed E-state index contributed by atoms with van der Waals surface area (Å²) in [5.74, 6) is -0.263. The molecule has 0 spiro atoms. The summed E-state index contributed by atoms with van der Waals surface area (Å²) >= 11 is 0. The topological polar surface area (TPSA) is 49.8 Å². The SMILES string of the molecule is N#CC1(N)CCc2cc(F)ccc21. The van der Waals surface area contributed by atoms with Crippen LogP contribution in [0.3, 0.4) is 0 Å². The van der Waals surface area contributed by atoms with Crippen LogP contribution in [-0.4, -0.2) is 0 Å². The highest BCUT2D eigenvalue weighted by atomic mass is 19.1. The third-order valence-corrected chi connectivity index (χ3v) is 2.54. The van der Waals surface area contributed by atoms with Gasteiger partial charge in [-0.15, -0.1) is 0 Å². The summed E-state index contributed by atoms with van der Waals surface area (Å²) in [4.78, 5) is 0. The molecule has 1 aliphatic carbocycles. The van der Waals surface area contributed by atoms with E-state index in [9.17, 15) is 4.39 Å². The number of fused-ring (bicyclic) bond motifs is 1. The molecule has 0 aromatic heterocycles. The predicted octanol–water partition coefficient (Wildman–Crippen LogP) is 1.45. The molecule has 0 heterocycles. The van der Waals surface area contributed by atoms with E-state index in [1.807, 2.05) is 0 Å². The Morgan fingerprint density at radius 2 is 2.31 bits per heavy atom. The van der Waals surface area contributed by atoms with Crippen LogP contribution in [0.5, 0.6) is 0 Å². The first-order valence-corrected chi connectivity index (χ1v) is 4.15. The molecule has 1 aromatic carbocycles. The van der Waals surface area contributed by atoms with E-state index in [1.54, 1.807) is 6.07 Å². The van der Waals surface area contributed by atoms with Crippen LogP contribution in [0.15, 0.2) is 18.2 Å². The summed E-state index contributed by atoms with van der Waals surface area (Å²) in [6, 6.07) is 6.49. The molecule has 13 heavy (non-hydrogen) atoms. The van der Waals surface area contributed by atoms with Gasteiger partial charge in [0.2, 0.25) is 0 Å². The third-order valence-electron chi connectivity index (χ3n) is 2.54. The largest absolute Gasteiger partial charge is 0.310 e. The molecule has 1 aliphatic rings. The van der Waals surface area contributed by atoms with Crippen molar-refractivity contribution in [2.45, 2.75) is 18.4 Å². The Hall–Kier alpha value is -1.40. The Kier molecular flexibility index (Phi) is 1.61. The highest BCUT2D eigenvalue weighted by Crippen LogP contribution is 2.34. The Labute approximate surface area is 75.8 Å². The van der Waals surface area contributed by atoms with Gasteiger partial charge in [-0.3, -0.25) is 0 Å². The Morgan fingerprint density at radius 1 is 1.54 bits per heavy atom. The number of nitrogens with two attached hydrogens (primary N) is 1. The minimum atomic E-state index is -0.900. The van der Waals surface area contributed by atoms with Gasteiger partial charge in [0, 0.05) is 0 Å². The number of halogens is 1. The zero-order chi connectivity index (χ0) is 9.47. The highest BCUT2D eigenvalue weighted by Gasteiger charge is 2.34. The summed E-state index contributed by atoms with van der Waals surface area (Å²) in [6.07, 6.45) is 1.28. The third kappa shape index (κ3) is 1.11. The van der Waals surface area contributed by atoms with E-state index in [2.05, 4.69) is 6.07 Å². The van der Waals surface area contributed by atoms with Crippen molar-refractivity contribution in [2.75, 3.05) is 0 Å². The van der Waals surface area contributed by atoms with Gasteiger partial charge in [-0.2, -0.15) is 5.26 Å². The highest BCUT2D eigenvalue weighted by molar-refractivity contribution is 5.42. The maximum atomic E-state index is 12.8. The van der Waals surface area contributed by atoms with Crippen LogP contribution in [0.2, 0.25) is 0 Å². The van der Waals surface area contributed by atoms with Gasteiger partial charge in [-0.05, 0) is 36.1 Å². The molecule has 2 rings (SSSR count). The molecule has 66 valence electrons. The van der Waals surface area contributed by atoms with Gasteiger partial charge in [0.05, 0.1) is 6.07 Å². The zero-order valence-electron chi connectivity index (χ0n) is 7.05. The molecule has 0 amide bonds. The first-order chi connectivity index (χ1) is 6.15. The summed E-state index contributed by atoms with van der Waals surface area (Å²) in [5, 5.41) is 8.87. The minimum Gasteiger partial charge on any atom is -0.310 e. The van der Waals surface area contributed by atoms with Gasteiger partial charge < -0.3 is 5.73 Å². The van der Waals surface area contributed by atoms with Gasteiger partial charge in [-0.1, -0.05) is 6.07 Å². The van der Waals surface area contributed by atoms with Crippen LogP contribution in [0.4, 0.5) is 4.39 Å². The van der Waals surface area contributed by atoms with E-state index < -0.39 is 5.54 Å². The normalized spacial score (nSPS) is 25.3. The number of hydrogen-bond donors (Lipinski definition) is 1. The van der Waals surface area contributed by atoms with E-state index in [0.29, 0.717) is 12.8 Å². The lowest BCUT2D eigenvalue weighted by Gasteiger charge is -2.14. The van der Waals surface area contributed by atoms with Gasteiger partial charge in [0.25, 0.3) is 0 Å². The monoisotopic (exact) mass is 176 g/mol. The van der Waals surface area contributed by atoms with Gasteiger partial charge in [-0.25, -0.2) is 4.39 Å². The van der Waals surface area contributed by atoms with Gasteiger partial charge >= 0.3 is 0 Å². The van der Waals surface area contributed by atoms with E-state index in [0.717, 1.165) is 11.1 Å². The minimum absolute atomic E-state index is 0.263. The maximum Gasteiger partial charge on any atom is 0.130 e. The van der Waals surface area contributed by atoms with Crippen LogP contribution < -0.4 is 5.73 Å². The molecule has 1 atom stereocenters. The number of nitriles is 1. The van der Waals surface area contributed by atoms with Crippen LogP contribution >= 0.6 is 0 Å². The number of benzene rings is 1. The maximum absolute atomic E-state index is 12.8. The fourth-order valence-electron chi connectivity index (χ4n) is 1.79. The number of hydrogen-bond acceptors (Lipinski definition) is 2. The molecule has 0 saturated heterocycles. The fraction of sp³-hybridized carbons (Fsp3) is 0.300. The second-order valence-corrected chi connectivity index (χ2v) is 3.38. The average Bonchev–Trinajstić information content (AvgIpc) is 2.45. The number of rotatable bonds is 0. The smallest absolute Gasteiger partial charge is 0.130 e. The molecule has 0 bridgehead atoms. The number of aryl methyl sites for hydroxylation is 1. The van der Waals surface area contributed by atoms with Crippen LogP contribution in [0.1, 0.15) is 17.5 Å². The Morgan fingerprint density at radius 3 is 3.00 bits per heavy atom. The standard InChI is InChI=1S/C10H9FN2/c11-8-1-2-9-7(5-8)3-4-10(9,13)6-12/h1-2,5H,3-4,13H2. The predicted molar refractivity (Wildman–Crippen MR) is 46.2 cm³/mol. The average molecular weight is 176 g/mol. The molecule has 3 heteroatoms. The summed E-state index contributed by atoms with van der Waals surface area (Å²) < 4.78 is 12.8. The van der Waals surface area contributed by atoms with Crippen molar-refractivity contribution >= 4 is 0 Å². The Balaban J connectivity index is 2.57. The lowest BCUT2D eigenvalue weighted by molar-refractivity contribution is 0.571. The molecular formula is C10H9FN2. The van der Waals surface area contributed by atoms with Crippen molar-refractivity contribution in [3.63, 3.8) is 0 Å². The molecule has 0 saturated carbocycles. The van der Waals surface area contributed by atoms with Crippen molar-refractivity contribution in [1.82, 2.24) is 0 Å². The number of nitrogens with zero attached hydrogens (tertiary/aromatic N) is 1. The van der Waals surface area contributed by atoms with Crippen molar-refractivity contribution in [2.24, 2.45) is 5.73 Å². The van der Waals surface area contributed by atoms with Gasteiger partial charge in [0.1, 0.15) is 11.4 Å². The Bertz CT molecular complexity index is 394. The lowest BCUT2D eigenvalue weighted by Crippen LogP contribution is -2.31. The summed E-state index contributed by atoms with van der Waals surface area (Å²) in [7, 11) is 0. The zero-order valence-corrected chi connectivity index (χ0v) is 7.05. The van der Waals surface area contributed by atoms with E-state index >= 15 is 0 Å². The second-order valence-electron chi connectivity index (χ2n) is 3.38. The summed E-state index contributed by atoms with van der Waals surface area (Å²) in [5.41, 5.74) is 6.58. The van der Waals surface area contributed by atoms with Crippen LogP contribution in [0, 0.1) is 17.1 Å². The molecule has 0 fully saturated rings. The molecular weight excluding hydrogens is 167 g/mol. The van der Waals surface area contributed by atoms with Crippen molar-refractivity contribution in [3.8, 4) is 6.07 Å². The van der Waals surface area contributed by atoms with Crippen molar-refractivity contribution < 1.29 is 4.39 Å². The molecule has 1 unspecified atom stereocenters. The first kappa shape index (κ1) is 8.21. The molecule has 2 N–H and O–H groups in total. The second kappa shape index (κ2) is 2.54. The molecule has 0 aliphatic heterocycles. The van der Waals surface area contributed by atoms with Crippen molar-refractivity contribution in [3.05, 3.63) is 35.1 Å². The fourth-order valence-corrected chi connectivity index (χ4v) is 1.79. The summed E-state index contributed by atoms with van der Waals surface area (Å²) in [6.45, 7) is 0. The quantitative estimate of drug-likeness (QED) is 0.650. The lowest BCUT2D eigenvalue weighted by atomic mass is 9.95.